The van der Waals surface area contributed by atoms with Crippen molar-refractivity contribution < 1.29 is 9.59 Å². The molecule has 2 rings (SSSR count). The van der Waals surface area contributed by atoms with E-state index >= 15 is 0 Å². The Morgan fingerprint density at radius 1 is 1.39 bits per heavy atom. The van der Waals surface area contributed by atoms with Crippen LogP contribution in [0.4, 0.5) is 0 Å². The Balaban J connectivity index is 1.66. The summed E-state index contributed by atoms with van der Waals surface area (Å²) < 4.78 is 0. The second-order valence-electron chi connectivity index (χ2n) is 5.29. The van der Waals surface area contributed by atoms with Gasteiger partial charge in [-0.2, -0.15) is 0 Å². The maximum Gasteiger partial charge on any atom is 0.239 e. The van der Waals surface area contributed by atoms with Crippen molar-refractivity contribution in [1.29, 1.82) is 0 Å². The largest absolute Gasteiger partial charge is 0.354 e. The van der Waals surface area contributed by atoms with Crippen LogP contribution < -0.4 is 10.6 Å². The number of rotatable bonds is 4. The van der Waals surface area contributed by atoms with Gasteiger partial charge in [-0.3, -0.25) is 9.59 Å². The van der Waals surface area contributed by atoms with E-state index in [2.05, 4.69) is 10.6 Å². The lowest BCUT2D eigenvalue weighted by Gasteiger charge is -2.27. The number of amides is 2. The van der Waals surface area contributed by atoms with E-state index in [4.69, 9.17) is 0 Å². The number of carbonyl (C=O) groups excluding carboxylic acids is 2. The summed E-state index contributed by atoms with van der Waals surface area (Å²) in [4.78, 5) is 25.0. The molecule has 2 fully saturated rings. The minimum absolute atomic E-state index is 0.0178. The zero-order valence-electron chi connectivity index (χ0n) is 10.9. The number of nitrogens with one attached hydrogen (secondary N) is 2. The molecule has 5 heteroatoms. The van der Waals surface area contributed by atoms with Gasteiger partial charge in [0.15, 0.2) is 0 Å². The van der Waals surface area contributed by atoms with Crippen molar-refractivity contribution in [3.05, 3.63) is 0 Å². The normalized spacial score (nSPS) is 25.0. The molecule has 0 aromatic rings. The molecule has 0 aromatic heterocycles. The van der Waals surface area contributed by atoms with E-state index in [1.807, 2.05) is 0 Å². The van der Waals surface area contributed by atoms with Crippen LogP contribution in [0.2, 0.25) is 0 Å². The molecule has 2 N–H and O–H groups in total. The van der Waals surface area contributed by atoms with Gasteiger partial charge in [0, 0.05) is 19.5 Å². The fourth-order valence-corrected chi connectivity index (χ4v) is 2.61. The van der Waals surface area contributed by atoms with Gasteiger partial charge in [0.2, 0.25) is 11.8 Å². The average Bonchev–Trinajstić information content (AvgIpc) is 2.40. The Morgan fingerprint density at radius 3 is 3.00 bits per heavy atom. The minimum Gasteiger partial charge on any atom is -0.354 e. The second kappa shape index (κ2) is 6.73. The number of hydrogen-bond donors (Lipinski definition) is 2. The van der Waals surface area contributed by atoms with Crippen LogP contribution in [-0.4, -0.2) is 49.4 Å². The van der Waals surface area contributed by atoms with Crippen molar-refractivity contribution in [2.75, 3.05) is 32.7 Å². The Kier molecular flexibility index (Phi) is 4.99. The van der Waals surface area contributed by atoms with Crippen LogP contribution >= 0.6 is 0 Å². The highest BCUT2D eigenvalue weighted by Crippen LogP contribution is 2.10. The molecule has 102 valence electrons. The minimum atomic E-state index is -0.0178. The number of hydrogen-bond acceptors (Lipinski definition) is 3. The quantitative estimate of drug-likeness (QED) is 0.748. The van der Waals surface area contributed by atoms with Crippen molar-refractivity contribution in [2.45, 2.75) is 32.1 Å². The molecule has 0 spiro atoms. The van der Waals surface area contributed by atoms with Gasteiger partial charge in [0.25, 0.3) is 0 Å². The number of nitrogens with zero attached hydrogens (tertiary/aromatic N) is 1. The molecule has 1 atom stereocenters. The molecule has 0 aromatic carbocycles. The summed E-state index contributed by atoms with van der Waals surface area (Å²) in [5.74, 6) is 0.645. The van der Waals surface area contributed by atoms with Gasteiger partial charge in [-0.1, -0.05) is 0 Å². The van der Waals surface area contributed by atoms with E-state index < -0.39 is 0 Å². The maximum atomic E-state index is 11.8. The highest BCUT2D eigenvalue weighted by Gasteiger charge is 2.21. The van der Waals surface area contributed by atoms with Gasteiger partial charge in [-0.05, 0) is 44.7 Å². The van der Waals surface area contributed by atoms with Crippen molar-refractivity contribution in [1.82, 2.24) is 15.5 Å². The fraction of sp³-hybridized carbons (Fsp3) is 0.846. The predicted molar refractivity (Wildman–Crippen MR) is 69.0 cm³/mol. The van der Waals surface area contributed by atoms with Crippen molar-refractivity contribution in [2.24, 2.45) is 5.92 Å². The third-order valence-corrected chi connectivity index (χ3v) is 3.74. The van der Waals surface area contributed by atoms with E-state index in [1.54, 1.807) is 4.90 Å². The molecule has 2 saturated heterocycles. The molecule has 2 amide bonds. The van der Waals surface area contributed by atoms with E-state index in [1.165, 1.54) is 12.8 Å². The second-order valence-corrected chi connectivity index (χ2v) is 5.29. The highest BCUT2D eigenvalue weighted by molar-refractivity contribution is 5.85. The van der Waals surface area contributed by atoms with Crippen molar-refractivity contribution in [3.63, 3.8) is 0 Å². The van der Waals surface area contributed by atoms with Crippen molar-refractivity contribution in [3.8, 4) is 0 Å². The van der Waals surface area contributed by atoms with Crippen LogP contribution in [0, 0.1) is 5.92 Å². The van der Waals surface area contributed by atoms with Crippen LogP contribution in [-0.2, 0) is 9.59 Å². The lowest BCUT2D eigenvalue weighted by Crippen LogP contribution is -2.45. The van der Waals surface area contributed by atoms with Crippen LogP contribution in [0.5, 0.6) is 0 Å². The topological polar surface area (TPSA) is 61.4 Å². The molecule has 18 heavy (non-hydrogen) atoms. The average molecular weight is 253 g/mol. The first-order chi connectivity index (χ1) is 8.75. The number of likely N-dealkylation sites (tertiary alicyclic amines) is 1. The van der Waals surface area contributed by atoms with E-state index in [9.17, 15) is 9.59 Å². The zero-order chi connectivity index (χ0) is 12.8. The van der Waals surface area contributed by atoms with Gasteiger partial charge in [-0.15, -0.1) is 0 Å². The summed E-state index contributed by atoms with van der Waals surface area (Å²) in [6.07, 6.45) is 4.94. The first-order valence-electron chi connectivity index (χ1n) is 7.01. The summed E-state index contributed by atoms with van der Waals surface area (Å²) in [5, 5.41) is 6.28. The molecule has 2 aliphatic rings. The smallest absolute Gasteiger partial charge is 0.239 e. The zero-order valence-corrected chi connectivity index (χ0v) is 10.9. The van der Waals surface area contributed by atoms with Crippen molar-refractivity contribution >= 4 is 11.8 Å². The maximum absolute atomic E-state index is 11.8. The molecule has 5 nitrogen and oxygen atoms in total. The van der Waals surface area contributed by atoms with Crippen LogP contribution in [0.15, 0.2) is 0 Å². The predicted octanol–water partition coefficient (Wildman–Crippen LogP) is 0.115. The third-order valence-electron chi connectivity index (χ3n) is 3.74. The fourth-order valence-electron chi connectivity index (χ4n) is 2.61. The monoisotopic (exact) mass is 253 g/mol. The molecule has 0 aliphatic carbocycles. The molecular weight excluding hydrogens is 230 g/mol. The Hall–Kier alpha value is -1.10. The SMILES string of the molecule is O=C(CN1CCCCC1=O)NCC1CCCNC1. The third kappa shape index (κ3) is 3.98. The highest BCUT2D eigenvalue weighted by atomic mass is 16.2. The van der Waals surface area contributed by atoms with E-state index in [0.29, 0.717) is 12.3 Å². The van der Waals surface area contributed by atoms with Gasteiger partial charge in [0.05, 0.1) is 6.54 Å². The standard InChI is InChI=1S/C13H23N3O2/c17-12(10-16-7-2-1-5-13(16)18)15-9-11-4-3-6-14-8-11/h11,14H,1-10H2,(H,15,17). The summed E-state index contributed by atoms with van der Waals surface area (Å²) in [7, 11) is 0. The molecule has 0 saturated carbocycles. The summed E-state index contributed by atoms with van der Waals surface area (Å²) in [6.45, 7) is 3.78. The Morgan fingerprint density at radius 2 is 2.28 bits per heavy atom. The Bertz CT molecular complexity index is 301. The Labute approximate surface area is 108 Å². The van der Waals surface area contributed by atoms with Gasteiger partial charge in [0.1, 0.15) is 0 Å². The summed E-state index contributed by atoms with van der Waals surface area (Å²) >= 11 is 0. The van der Waals surface area contributed by atoms with Crippen LogP contribution in [0.1, 0.15) is 32.1 Å². The van der Waals surface area contributed by atoms with E-state index in [0.717, 1.165) is 39.0 Å². The van der Waals surface area contributed by atoms with E-state index in [-0.39, 0.29) is 18.4 Å². The molecule has 0 radical (unpaired) electrons. The summed E-state index contributed by atoms with van der Waals surface area (Å²) in [6, 6.07) is 0. The van der Waals surface area contributed by atoms with Gasteiger partial charge >= 0.3 is 0 Å². The lowest BCUT2D eigenvalue weighted by atomic mass is 10.00. The first-order valence-corrected chi connectivity index (χ1v) is 7.01. The number of carbonyl (C=O) groups is 2. The molecule has 0 bridgehead atoms. The van der Waals surface area contributed by atoms with Crippen LogP contribution in [0.25, 0.3) is 0 Å². The molecular formula is C13H23N3O2. The molecule has 1 unspecified atom stereocenters. The number of piperidine rings is 2. The van der Waals surface area contributed by atoms with Gasteiger partial charge < -0.3 is 15.5 Å². The summed E-state index contributed by atoms with van der Waals surface area (Å²) in [5.41, 5.74) is 0. The first kappa shape index (κ1) is 13.3. The van der Waals surface area contributed by atoms with Gasteiger partial charge in [-0.25, -0.2) is 0 Å². The lowest BCUT2D eigenvalue weighted by molar-refractivity contribution is -0.137. The molecule has 2 aliphatic heterocycles. The molecule has 2 heterocycles. The van der Waals surface area contributed by atoms with Crippen LogP contribution in [0.3, 0.4) is 0 Å².